The summed E-state index contributed by atoms with van der Waals surface area (Å²) in [6.45, 7) is 3.55. The van der Waals surface area contributed by atoms with Crippen molar-refractivity contribution in [3.63, 3.8) is 0 Å². The molecule has 2 aromatic rings. The van der Waals surface area contributed by atoms with E-state index in [0.717, 1.165) is 23.5 Å². The van der Waals surface area contributed by atoms with Gasteiger partial charge in [-0.25, -0.2) is 0 Å². The number of benzene rings is 1. The van der Waals surface area contributed by atoms with Crippen LogP contribution in [0, 0.1) is 0 Å². The summed E-state index contributed by atoms with van der Waals surface area (Å²) in [7, 11) is 0. The average Bonchev–Trinajstić information content (AvgIpc) is 2.41. The van der Waals surface area contributed by atoms with Crippen LogP contribution in [0.2, 0.25) is 0 Å². The van der Waals surface area contributed by atoms with Crippen molar-refractivity contribution >= 4 is 11.4 Å². The van der Waals surface area contributed by atoms with E-state index in [0.29, 0.717) is 6.54 Å². The molecule has 0 saturated heterocycles. The summed E-state index contributed by atoms with van der Waals surface area (Å²) in [5.74, 6) is 0. The zero-order valence-corrected chi connectivity index (χ0v) is 10.0. The maximum absolute atomic E-state index is 5.77. The number of hydrogen-bond acceptors (Lipinski definition) is 3. The minimum absolute atomic E-state index is 0.529. The standard InChI is InChI=1S/C14H17N3/c1-2-17(13-6-4-3-5-7-13)14-11-16-9-8-12(14)10-15/h3-9,11H,2,10,15H2,1H3. The highest BCUT2D eigenvalue weighted by Gasteiger charge is 2.10. The van der Waals surface area contributed by atoms with E-state index in [9.17, 15) is 0 Å². The molecule has 0 bridgehead atoms. The lowest BCUT2D eigenvalue weighted by Gasteiger charge is -2.25. The molecule has 17 heavy (non-hydrogen) atoms. The summed E-state index contributed by atoms with van der Waals surface area (Å²) >= 11 is 0. The lowest BCUT2D eigenvalue weighted by atomic mass is 10.2. The number of anilines is 2. The zero-order chi connectivity index (χ0) is 12.1. The molecule has 0 aliphatic heterocycles. The molecule has 0 spiro atoms. The van der Waals surface area contributed by atoms with Crippen molar-refractivity contribution in [1.29, 1.82) is 0 Å². The summed E-state index contributed by atoms with van der Waals surface area (Å²) in [5, 5.41) is 0. The van der Waals surface area contributed by atoms with E-state index in [2.05, 4.69) is 28.9 Å². The molecule has 0 radical (unpaired) electrons. The van der Waals surface area contributed by atoms with E-state index in [1.165, 1.54) is 0 Å². The largest absolute Gasteiger partial charge is 0.340 e. The summed E-state index contributed by atoms with van der Waals surface area (Å²) in [4.78, 5) is 6.41. The predicted octanol–water partition coefficient (Wildman–Crippen LogP) is 2.70. The van der Waals surface area contributed by atoms with E-state index in [-0.39, 0.29) is 0 Å². The van der Waals surface area contributed by atoms with Crippen LogP contribution in [0.1, 0.15) is 12.5 Å². The molecule has 0 amide bonds. The van der Waals surface area contributed by atoms with Crippen LogP contribution < -0.4 is 10.6 Å². The van der Waals surface area contributed by atoms with Crippen molar-refractivity contribution in [2.75, 3.05) is 11.4 Å². The Kier molecular flexibility index (Phi) is 3.73. The first-order chi connectivity index (χ1) is 8.36. The molecule has 0 aliphatic carbocycles. The van der Waals surface area contributed by atoms with Crippen molar-refractivity contribution in [2.24, 2.45) is 5.73 Å². The third-order valence-electron chi connectivity index (χ3n) is 2.78. The third-order valence-corrected chi connectivity index (χ3v) is 2.78. The van der Waals surface area contributed by atoms with Gasteiger partial charge in [-0.3, -0.25) is 4.98 Å². The molecular formula is C14H17N3. The first-order valence-corrected chi connectivity index (χ1v) is 5.82. The van der Waals surface area contributed by atoms with Gasteiger partial charge in [0.2, 0.25) is 0 Å². The fourth-order valence-electron chi connectivity index (χ4n) is 1.93. The van der Waals surface area contributed by atoms with Crippen LogP contribution in [0.25, 0.3) is 0 Å². The van der Waals surface area contributed by atoms with Gasteiger partial charge in [-0.15, -0.1) is 0 Å². The van der Waals surface area contributed by atoms with Gasteiger partial charge in [0, 0.05) is 25.0 Å². The van der Waals surface area contributed by atoms with Crippen LogP contribution >= 0.6 is 0 Å². The minimum Gasteiger partial charge on any atom is -0.340 e. The van der Waals surface area contributed by atoms with Gasteiger partial charge < -0.3 is 10.6 Å². The van der Waals surface area contributed by atoms with E-state index in [1.807, 2.05) is 30.5 Å². The lowest BCUT2D eigenvalue weighted by molar-refractivity contribution is 0.972. The number of para-hydroxylation sites is 1. The van der Waals surface area contributed by atoms with Crippen LogP contribution in [0.3, 0.4) is 0 Å². The fraction of sp³-hybridized carbons (Fsp3) is 0.214. The smallest absolute Gasteiger partial charge is 0.0642 e. The molecule has 1 heterocycles. The van der Waals surface area contributed by atoms with Gasteiger partial charge >= 0.3 is 0 Å². The molecule has 0 aliphatic rings. The molecule has 0 fully saturated rings. The van der Waals surface area contributed by atoms with Crippen molar-refractivity contribution in [2.45, 2.75) is 13.5 Å². The Balaban J connectivity index is 2.42. The maximum atomic E-state index is 5.77. The van der Waals surface area contributed by atoms with E-state index in [1.54, 1.807) is 6.20 Å². The number of hydrogen-bond donors (Lipinski definition) is 1. The molecule has 0 atom stereocenters. The zero-order valence-electron chi connectivity index (χ0n) is 10.0. The maximum Gasteiger partial charge on any atom is 0.0642 e. The van der Waals surface area contributed by atoms with E-state index in [4.69, 9.17) is 5.73 Å². The van der Waals surface area contributed by atoms with Crippen LogP contribution in [-0.2, 0) is 6.54 Å². The van der Waals surface area contributed by atoms with Gasteiger partial charge in [-0.05, 0) is 30.7 Å². The Morgan fingerprint density at radius 3 is 2.59 bits per heavy atom. The normalized spacial score (nSPS) is 10.2. The van der Waals surface area contributed by atoms with E-state index < -0.39 is 0 Å². The highest BCUT2D eigenvalue weighted by atomic mass is 15.1. The SMILES string of the molecule is CCN(c1ccccc1)c1cnccc1CN. The van der Waals surface area contributed by atoms with E-state index >= 15 is 0 Å². The summed E-state index contributed by atoms with van der Waals surface area (Å²) in [6, 6.07) is 12.3. The van der Waals surface area contributed by atoms with Gasteiger partial charge in [-0.1, -0.05) is 18.2 Å². The second-order valence-corrected chi connectivity index (χ2v) is 3.79. The summed E-state index contributed by atoms with van der Waals surface area (Å²) < 4.78 is 0. The Morgan fingerprint density at radius 2 is 1.94 bits per heavy atom. The molecule has 0 saturated carbocycles. The second kappa shape index (κ2) is 5.46. The molecule has 88 valence electrons. The summed E-state index contributed by atoms with van der Waals surface area (Å²) in [5.41, 5.74) is 9.13. The van der Waals surface area contributed by atoms with Gasteiger partial charge in [0.25, 0.3) is 0 Å². The van der Waals surface area contributed by atoms with Crippen molar-refractivity contribution in [3.8, 4) is 0 Å². The van der Waals surface area contributed by atoms with Crippen LogP contribution in [0.5, 0.6) is 0 Å². The quantitative estimate of drug-likeness (QED) is 0.873. The van der Waals surface area contributed by atoms with Gasteiger partial charge in [0.05, 0.1) is 11.9 Å². The molecule has 2 N–H and O–H groups in total. The highest BCUT2D eigenvalue weighted by molar-refractivity contribution is 5.65. The minimum atomic E-state index is 0.529. The predicted molar refractivity (Wildman–Crippen MR) is 71.3 cm³/mol. The number of nitrogens with two attached hydrogens (primary N) is 1. The number of nitrogens with zero attached hydrogens (tertiary/aromatic N) is 2. The molecule has 1 aromatic heterocycles. The fourth-order valence-corrected chi connectivity index (χ4v) is 1.93. The molecule has 1 aromatic carbocycles. The monoisotopic (exact) mass is 227 g/mol. The number of aromatic nitrogens is 1. The topological polar surface area (TPSA) is 42.2 Å². The molecular weight excluding hydrogens is 210 g/mol. The Labute approximate surface area is 102 Å². The van der Waals surface area contributed by atoms with Gasteiger partial charge in [0.1, 0.15) is 0 Å². The average molecular weight is 227 g/mol. The van der Waals surface area contributed by atoms with Crippen molar-refractivity contribution < 1.29 is 0 Å². The molecule has 3 heteroatoms. The molecule has 2 rings (SSSR count). The van der Waals surface area contributed by atoms with Crippen LogP contribution in [0.4, 0.5) is 11.4 Å². The third kappa shape index (κ3) is 2.45. The molecule has 0 unspecified atom stereocenters. The first kappa shape index (κ1) is 11.6. The second-order valence-electron chi connectivity index (χ2n) is 3.79. The summed E-state index contributed by atoms with van der Waals surface area (Å²) in [6.07, 6.45) is 3.66. The Morgan fingerprint density at radius 1 is 1.18 bits per heavy atom. The highest BCUT2D eigenvalue weighted by Crippen LogP contribution is 2.26. The van der Waals surface area contributed by atoms with Gasteiger partial charge in [0.15, 0.2) is 0 Å². The van der Waals surface area contributed by atoms with Gasteiger partial charge in [-0.2, -0.15) is 0 Å². The van der Waals surface area contributed by atoms with Crippen molar-refractivity contribution in [1.82, 2.24) is 4.98 Å². The Hall–Kier alpha value is -1.87. The lowest BCUT2D eigenvalue weighted by Crippen LogP contribution is -2.18. The Bertz CT molecular complexity index is 468. The number of pyridine rings is 1. The first-order valence-electron chi connectivity index (χ1n) is 5.82. The van der Waals surface area contributed by atoms with Crippen LogP contribution in [0.15, 0.2) is 48.8 Å². The molecule has 3 nitrogen and oxygen atoms in total. The number of rotatable bonds is 4. The van der Waals surface area contributed by atoms with Crippen molar-refractivity contribution in [3.05, 3.63) is 54.4 Å². The van der Waals surface area contributed by atoms with Crippen LogP contribution in [-0.4, -0.2) is 11.5 Å².